The standard InChI is InChI=1S/C24H21N5OS/c1-2-3-10-21-27-29-22(25)20(23(30)26-24(29)31-21)15-18-9-6-13-28(18)19-12-11-16-7-4-5-8-17(16)14-19/h4-9,11-15,25H,2-3,10H2,1H3/b20-15+,25-22?. The Morgan fingerprint density at radius 1 is 1.10 bits per heavy atom. The van der Waals surface area contributed by atoms with Gasteiger partial charge in [0, 0.05) is 17.6 Å². The maximum atomic E-state index is 12.7. The number of rotatable bonds is 5. The molecular weight excluding hydrogens is 406 g/mol. The molecule has 6 nitrogen and oxygen atoms in total. The lowest BCUT2D eigenvalue weighted by Crippen LogP contribution is -2.35. The molecule has 154 valence electrons. The van der Waals surface area contributed by atoms with E-state index in [4.69, 9.17) is 5.41 Å². The lowest BCUT2D eigenvalue weighted by Gasteiger charge is -2.20. The van der Waals surface area contributed by atoms with Gasteiger partial charge < -0.3 is 4.57 Å². The lowest BCUT2D eigenvalue weighted by molar-refractivity contribution is -0.114. The topological polar surface area (TPSA) is 73.8 Å². The highest BCUT2D eigenvalue weighted by molar-refractivity contribution is 8.26. The summed E-state index contributed by atoms with van der Waals surface area (Å²) in [6, 6.07) is 18.3. The summed E-state index contributed by atoms with van der Waals surface area (Å²) >= 11 is 1.38. The van der Waals surface area contributed by atoms with Crippen LogP contribution in [0.4, 0.5) is 0 Å². The van der Waals surface area contributed by atoms with E-state index in [1.807, 2.05) is 35.0 Å². The monoisotopic (exact) mass is 427 g/mol. The summed E-state index contributed by atoms with van der Waals surface area (Å²) in [6.07, 6.45) is 6.61. The van der Waals surface area contributed by atoms with Crippen LogP contribution in [0, 0.1) is 5.41 Å². The Morgan fingerprint density at radius 2 is 1.94 bits per heavy atom. The summed E-state index contributed by atoms with van der Waals surface area (Å²) in [5.74, 6) is -0.331. The number of hydrogen-bond acceptors (Lipinski definition) is 4. The number of amides is 1. The Hall–Kier alpha value is -3.45. The van der Waals surface area contributed by atoms with Gasteiger partial charge in [0.1, 0.15) is 5.04 Å². The van der Waals surface area contributed by atoms with Crippen LogP contribution in [0.2, 0.25) is 0 Å². The summed E-state index contributed by atoms with van der Waals surface area (Å²) in [7, 11) is 0. The molecule has 0 atom stereocenters. The Kier molecular flexibility index (Phi) is 5.03. The highest BCUT2D eigenvalue weighted by atomic mass is 32.2. The zero-order valence-electron chi connectivity index (χ0n) is 17.1. The second-order valence-corrected chi connectivity index (χ2v) is 8.49. The lowest BCUT2D eigenvalue weighted by atomic mass is 10.1. The normalized spacial score (nSPS) is 17.3. The molecule has 1 amide bonds. The van der Waals surface area contributed by atoms with E-state index in [1.54, 1.807) is 6.08 Å². The van der Waals surface area contributed by atoms with E-state index in [-0.39, 0.29) is 11.4 Å². The Labute approximate surface area is 184 Å². The van der Waals surface area contributed by atoms with Gasteiger partial charge in [-0.15, -0.1) is 0 Å². The van der Waals surface area contributed by atoms with Gasteiger partial charge in [0.2, 0.25) is 5.17 Å². The van der Waals surface area contributed by atoms with E-state index in [1.165, 1.54) is 22.2 Å². The van der Waals surface area contributed by atoms with Crippen molar-refractivity contribution >= 4 is 50.6 Å². The van der Waals surface area contributed by atoms with Crippen molar-refractivity contribution in [1.82, 2.24) is 9.58 Å². The minimum atomic E-state index is -0.401. The third-order valence-electron chi connectivity index (χ3n) is 5.32. The number of hydrazone groups is 1. The van der Waals surface area contributed by atoms with Crippen LogP contribution in [-0.4, -0.2) is 31.5 Å². The van der Waals surface area contributed by atoms with Crippen molar-refractivity contribution in [3.05, 3.63) is 72.1 Å². The minimum absolute atomic E-state index is 0.0697. The quantitative estimate of drug-likeness (QED) is 0.551. The fraction of sp³-hybridized carbons (Fsp3) is 0.167. The first-order valence-electron chi connectivity index (χ1n) is 10.3. The van der Waals surface area contributed by atoms with E-state index in [0.29, 0.717) is 5.17 Å². The van der Waals surface area contributed by atoms with Crippen LogP contribution in [0.3, 0.4) is 0 Å². The van der Waals surface area contributed by atoms with E-state index in [2.05, 4.69) is 47.3 Å². The zero-order chi connectivity index (χ0) is 21.4. The van der Waals surface area contributed by atoms with Crippen LogP contribution in [0.25, 0.3) is 22.5 Å². The Morgan fingerprint density at radius 3 is 2.77 bits per heavy atom. The average molecular weight is 428 g/mol. The fourth-order valence-corrected chi connectivity index (χ4v) is 4.61. The van der Waals surface area contributed by atoms with Gasteiger partial charge in [0.15, 0.2) is 5.84 Å². The molecule has 0 unspecified atom stereocenters. The van der Waals surface area contributed by atoms with E-state index >= 15 is 0 Å². The molecule has 0 radical (unpaired) electrons. The second-order valence-electron chi connectivity index (χ2n) is 7.45. The molecule has 0 saturated heterocycles. The minimum Gasteiger partial charge on any atom is -0.317 e. The third-order valence-corrected chi connectivity index (χ3v) is 6.29. The van der Waals surface area contributed by atoms with Crippen molar-refractivity contribution in [3.63, 3.8) is 0 Å². The first-order chi connectivity index (χ1) is 15.1. The zero-order valence-corrected chi connectivity index (χ0v) is 17.9. The fourth-order valence-electron chi connectivity index (χ4n) is 3.68. The molecule has 2 aromatic carbocycles. The summed E-state index contributed by atoms with van der Waals surface area (Å²) in [5, 5.41) is 18.3. The number of nitrogens with zero attached hydrogens (tertiary/aromatic N) is 4. The number of nitrogens with one attached hydrogen (secondary N) is 1. The first-order valence-corrected chi connectivity index (χ1v) is 11.1. The number of carbonyl (C=O) groups excluding carboxylic acids is 1. The SMILES string of the molecule is CCCCC1=NN2C(=N)/C(=C\c3cccn3-c3ccc4ccccc4c3)C(=O)N=C2S1. The van der Waals surface area contributed by atoms with Gasteiger partial charge in [0.05, 0.1) is 5.57 Å². The Balaban J connectivity index is 1.49. The molecule has 2 aliphatic heterocycles. The number of unbranched alkanes of at least 4 members (excludes halogenated alkanes) is 1. The predicted octanol–water partition coefficient (Wildman–Crippen LogP) is 5.44. The van der Waals surface area contributed by atoms with Gasteiger partial charge in [-0.1, -0.05) is 43.7 Å². The van der Waals surface area contributed by atoms with Crippen LogP contribution < -0.4 is 0 Å². The first kappa shape index (κ1) is 19.5. The number of fused-ring (bicyclic) bond motifs is 2. The van der Waals surface area contributed by atoms with Crippen LogP contribution in [0.1, 0.15) is 31.9 Å². The molecule has 2 aliphatic rings. The molecular formula is C24H21N5OS. The maximum Gasteiger partial charge on any atom is 0.283 e. The second kappa shape index (κ2) is 8.00. The van der Waals surface area contributed by atoms with Crippen molar-refractivity contribution < 1.29 is 4.79 Å². The molecule has 3 heterocycles. The molecule has 31 heavy (non-hydrogen) atoms. The number of hydrogen-bond donors (Lipinski definition) is 1. The van der Waals surface area contributed by atoms with Crippen molar-refractivity contribution in [2.45, 2.75) is 26.2 Å². The third kappa shape index (κ3) is 3.61. The van der Waals surface area contributed by atoms with Gasteiger partial charge in [0.25, 0.3) is 5.91 Å². The van der Waals surface area contributed by atoms with Crippen molar-refractivity contribution in [1.29, 1.82) is 5.41 Å². The molecule has 0 saturated carbocycles. The van der Waals surface area contributed by atoms with E-state index < -0.39 is 5.91 Å². The number of amidine groups is 2. The number of thioether (sulfide) groups is 1. The highest BCUT2D eigenvalue weighted by Crippen LogP contribution is 2.30. The van der Waals surface area contributed by atoms with Crippen molar-refractivity contribution in [3.8, 4) is 5.69 Å². The molecule has 7 heteroatoms. The van der Waals surface area contributed by atoms with E-state index in [9.17, 15) is 4.79 Å². The molecule has 1 N–H and O–H groups in total. The summed E-state index contributed by atoms with van der Waals surface area (Å²) in [6.45, 7) is 2.13. The number of aromatic nitrogens is 1. The van der Waals surface area contributed by atoms with Gasteiger partial charge in [-0.2, -0.15) is 15.1 Å². The number of benzene rings is 2. The molecule has 3 aromatic rings. The van der Waals surface area contributed by atoms with Crippen molar-refractivity contribution in [2.24, 2.45) is 10.1 Å². The molecule has 5 rings (SSSR count). The van der Waals surface area contributed by atoms with Crippen molar-refractivity contribution in [2.75, 3.05) is 0 Å². The van der Waals surface area contributed by atoms with Gasteiger partial charge >= 0.3 is 0 Å². The largest absolute Gasteiger partial charge is 0.317 e. The molecule has 1 aromatic heterocycles. The van der Waals surface area contributed by atoms with Gasteiger partial charge in [-0.25, -0.2) is 0 Å². The maximum absolute atomic E-state index is 12.7. The average Bonchev–Trinajstić information content (AvgIpc) is 3.41. The molecule has 0 fully saturated rings. The van der Waals surface area contributed by atoms with Gasteiger partial charge in [-0.05, 0) is 65.7 Å². The van der Waals surface area contributed by atoms with Crippen LogP contribution >= 0.6 is 11.8 Å². The highest BCUT2D eigenvalue weighted by Gasteiger charge is 2.35. The van der Waals surface area contributed by atoms with Crippen LogP contribution in [0.15, 0.2) is 76.5 Å². The molecule has 0 bridgehead atoms. The predicted molar refractivity (Wildman–Crippen MR) is 128 cm³/mol. The molecule has 0 spiro atoms. The molecule has 0 aliphatic carbocycles. The van der Waals surface area contributed by atoms with E-state index in [0.717, 1.165) is 41.1 Å². The summed E-state index contributed by atoms with van der Waals surface area (Å²) in [4.78, 5) is 16.9. The van der Waals surface area contributed by atoms with Gasteiger partial charge in [-0.3, -0.25) is 10.2 Å². The summed E-state index contributed by atoms with van der Waals surface area (Å²) < 4.78 is 2.01. The number of carbonyl (C=O) groups is 1. The number of aliphatic imine (C=N–C) groups is 1. The smallest absolute Gasteiger partial charge is 0.283 e. The van der Waals surface area contributed by atoms with Crippen LogP contribution in [0.5, 0.6) is 0 Å². The summed E-state index contributed by atoms with van der Waals surface area (Å²) in [5.41, 5.74) is 2.04. The van der Waals surface area contributed by atoms with Crippen LogP contribution in [-0.2, 0) is 4.79 Å². The Bertz CT molecular complexity index is 1300.